The summed E-state index contributed by atoms with van der Waals surface area (Å²) in [5, 5.41) is 4.99. The maximum absolute atomic E-state index is 12.7. The normalized spacial score (nSPS) is 13.5. The van der Waals surface area contributed by atoms with Crippen molar-refractivity contribution in [3.63, 3.8) is 0 Å². The number of hydrogen-bond donors (Lipinski definition) is 1. The molecule has 24 heavy (non-hydrogen) atoms. The summed E-state index contributed by atoms with van der Waals surface area (Å²) in [6.07, 6.45) is 1.57. The number of rotatable bonds is 8. The fourth-order valence-electron chi connectivity index (χ4n) is 2.62. The Morgan fingerprint density at radius 1 is 1.08 bits per heavy atom. The molecule has 0 fully saturated rings. The molecule has 2 aromatic carbocycles. The SMILES string of the molecule is CCCOc1ccc(NC(=O)[C@](C)(CC)OCC)c2ccccc12. The Kier molecular flexibility index (Phi) is 6.21. The van der Waals surface area contributed by atoms with Crippen LogP contribution in [0, 0.1) is 0 Å². The van der Waals surface area contributed by atoms with Gasteiger partial charge in [0, 0.05) is 23.1 Å². The first-order valence-corrected chi connectivity index (χ1v) is 8.65. The second-order valence-electron chi connectivity index (χ2n) is 5.98. The summed E-state index contributed by atoms with van der Waals surface area (Å²) in [5.74, 6) is 0.716. The van der Waals surface area contributed by atoms with Crippen LogP contribution >= 0.6 is 0 Å². The zero-order chi connectivity index (χ0) is 17.6. The largest absolute Gasteiger partial charge is 0.493 e. The maximum atomic E-state index is 12.7. The summed E-state index contributed by atoms with van der Waals surface area (Å²) in [4.78, 5) is 12.7. The number of nitrogens with one attached hydrogen (secondary N) is 1. The van der Waals surface area contributed by atoms with Crippen LogP contribution in [0.1, 0.15) is 40.5 Å². The van der Waals surface area contributed by atoms with Gasteiger partial charge in [-0.05, 0) is 38.8 Å². The van der Waals surface area contributed by atoms with Crippen molar-refractivity contribution < 1.29 is 14.3 Å². The van der Waals surface area contributed by atoms with Crippen LogP contribution in [-0.2, 0) is 9.53 Å². The van der Waals surface area contributed by atoms with Crippen LogP contribution in [0.2, 0.25) is 0 Å². The van der Waals surface area contributed by atoms with Crippen molar-refractivity contribution in [2.24, 2.45) is 0 Å². The van der Waals surface area contributed by atoms with Crippen molar-refractivity contribution in [3.05, 3.63) is 36.4 Å². The van der Waals surface area contributed by atoms with Crippen LogP contribution < -0.4 is 10.1 Å². The first kappa shape index (κ1) is 18.3. The topological polar surface area (TPSA) is 47.6 Å². The molecule has 4 heteroatoms. The van der Waals surface area contributed by atoms with Crippen LogP contribution in [0.15, 0.2) is 36.4 Å². The molecule has 2 rings (SSSR count). The lowest BCUT2D eigenvalue weighted by Crippen LogP contribution is -2.42. The van der Waals surface area contributed by atoms with E-state index in [0.29, 0.717) is 19.6 Å². The van der Waals surface area contributed by atoms with E-state index in [2.05, 4.69) is 12.2 Å². The van der Waals surface area contributed by atoms with E-state index < -0.39 is 5.60 Å². The summed E-state index contributed by atoms with van der Waals surface area (Å²) in [7, 11) is 0. The average Bonchev–Trinajstić information content (AvgIpc) is 2.61. The molecule has 130 valence electrons. The van der Waals surface area contributed by atoms with Crippen molar-refractivity contribution in [2.45, 2.75) is 46.1 Å². The monoisotopic (exact) mass is 329 g/mol. The highest BCUT2D eigenvalue weighted by Crippen LogP contribution is 2.32. The summed E-state index contributed by atoms with van der Waals surface area (Å²) in [6.45, 7) is 8.94. The molecule has 0 bridgehead atoms. The zero-order valence-electron chi connectivity index (χ0n) is 15.0. The molecule has 0 unspecified atom stereocenters. The van der Waals surface area contributed by atoms with Gasteiger partial charge < -0.3 is 14.8 Å². The Morgan fingerprint density at radius 2 is 1.79 bits per heavy atom. The molecule has 0 aromatic heterocycles. The number of amides is 1. The molecular formula is C20H27NO3. The summed E-state index contributed by atoms with van der Waals surface area (Å²) < 4.78 is 11.5. The summed E-state index contributed by atoms with van der Waals surface area (Å²) in [6, 6.07) is 11.8. The van der Waals surface area contributed by atoms with Gasteiger partial charge in [-0.3, -0.25) is 4.79 Å². The molecule has 0 radical (unpaired) electrons. The third kappa shape index (κ3) is 3.88. The van der Waals surface area contributed by atoms with E-state index in [1.165, 1.54) is 0 Å². The van der Waals surface area contributed by atoms with Crippen LogP contribution in [0.4, 0.5) is 5.69 Å². The van der Waals surface area contributed by atoms with Gasteiger partial charge >= 0.3 is 0 Å². The van der Waals surface area contributed by atoms with E-state index in [-0.39, 0.29) is 5.91 Å². The number of carbonyl (C=O) groups is 1. The average molecular weight is 329 g/mol. The van der Waals surface area contributed by atoms with Crippen LogP contribution in [0.25, 0.3) is 10.8 Å². The predicted octanol–water partition coefficient (Wildman–Crippen LogP) is 4.77. The van der Waals surface area contributed by atoms with Crippen molar-refractivity contribution in [3.8, 4) is 5.75 Å². The lowest BCUT2D eigenvalue weighted by molar-refractivity contribution is -0.139. The Morgan fingerprint density at radius 3 is 2.42 bits per heavy atom. The Hall–Kier alpha value is -2.07. The van der Waals surface area contributed by atoms with Crippen molar-refractivity contribution in [1.29, 1.82) is 0 Å². The van der Waals surface area contributed by atoms with Crippen molar-refractivity contribution in [2.75, 3.05) is 18.5 Å². The second-order valence-corrected chi connectivity index (χ2v) is 5.98. The van der Waals surface area contributed by atoms with E-state index in [1.54, 1.807) is 0 Å². The maximum Gasteiger partial charge on any atom is 0.256 e. The highest BCUT2D eigenvalue weighted by atomic mass is 16.5. The van der Waals surface area contributed by atoms with E-state index >= 15 is 0 Å². The van der Waals surface area contributed by atoms with Gasteiger partial charge in [0.25, 0.3) is 5.91 Å². The van der Waals surface area contributed by atoms with Gasteiger partial charge in [-0.2, -0.15) is 0 Å². The summed E-state index contributed by atoms with van der Waals surface area (Å²) >= 11 is 0. The van der Waals surface area contributed by atoms with Crippen molar-refractivity contribution >= 4 is 22.4 Å². The first-order valence-electron chi connectivity index (χ1n) is 8.65. The highest BCUT2D eigenvalue weighted by Gasteiger charge is 2.32. The van der Waals surface area contributed by atoms with Crippen LogP contribution in [-0.4, -0.2) is 24.7 Å². The van der Waals surface area contributed by atoms with Gasteiger partial charge in [0.15, 0.2) is 0 Å². The molecule has 4 nitrogen and oxygen atoms in total. The van der Waals surface area contributed by atoms with Gasteiger partial charge in [-0.1, -0.05) is 38.1 Å². The molecule has 1 N–H and O–H groups in total. The molecule has 0 saturated heterocycles. The minimum Gasteiger partial charge on any atom is -0.493 e. The molecular weight excluding hydrogens is 302 g/mol. The minimum absolute atomic E-state index is 0.126. The fraction of sp³-hybridized carbons (Fsp3) is 0.450. The van der Waals surface area contributed by atoms with Gasteiger partial charge in [-0.15, -0.1) is 0 Å². The number of benzene rings is 2. The lowest BCUT2D eigenvalue weighted by atomic mass is 10.0. The highest BCUT2D eigenvalue weighted by molar-refractivity contribution is 6.06. The minimum atomic E-state index is -0.826. The number of fused-ring (bicyclic) bond motifs is 1. The Balaban J connectivity index is 2.35. The van der Waals surface area contributed by atoms with E-state index in [4.69, 9.17) is 9.47 Å². The molecule has 0 aliphatic heterocycles. The quantitative estimate of drug-likeness (QED) is 0.758. The Bertz CT molecular complexity index is 698. The zero-order valence-corrected chi connectivity index (χ0v) is 15.0. The smallest absolute Gasteiger partial charge is 0.256 e. The molecule has 0 aliphatic rings. The van der Waals surface area contributed by atoms with Gasteiger partial charge in [0.05, 0.1) is 6.61 Å². The van der Waals surface area contributed by atoms with E-state index in [0.717, 1.165) is 28.6 Å². The van der Waals surface area contributed by atoms with Gasteiger partial charge in [-0.25, -0.2) is 0 Å². The van der Waals surface area contributed by atoms with E-state index in [9.17, 15) is 4.79 Å². The molecule has 0 heterocycles. The molecule has 2 aromatic rings. The third-order valence-corrected chi connectivity index (χ3v) is 4.21. The van der Waals surface area contributed by atoms with E-state index in [1.807, 2.05) is 57.2 Å². The lowest BCUT2D eigenvalue weighted by Gasteiger charge is -2.27. The molecule has 1 amide bonds. The standard InChI is InChI=1S/C20H27NO3/c1-5-14-23-18-13-12-17(15-10-8-9-11-16(15)18)21-19(22)20(4,6-2)24-7-3/h8-13H,5-7,14H2,1-4H3,(H,21,22)/t20-/m0/s1. The molecule has 1 atom stereocenters. The number of ether oxygens (including phenoxy) is 2. The summed E-state index contributed by atoms with van der Waals surface area (Å²) in [5.41, 5.74) is -0.0495. The Labute approximate surface area is 144 Å². The molecule has 0 saturated carbocycles. The van der Waals surface area contributed by atoms with Crippen LogP contribution in [0.5, 0.6) is 5.75 Å². The fourth-order valence-corrected chi connectivity index (χ4v) is 2.62. The number of anilines is 1. The van der Waals surface area contributed by atoms with Gasteiger partial charge in [0.2, 0.25) is 0 Å². The van der Waals surface area contributed by atoms with Gasteiger partial charge in [0.1, 0.15) is 11.4 Å². The first-order chi connectivity index (χ1) is 11.6. The molecule has 0 aliphatic carbocycles. The predicted molar refractivity (Wildman–Crippen MR) is 98.7 cm³/mol. The van der Waals surface area contributed by atoms with Crippen molar-refractivity contribution in [1.82, 2.24) is 0 Å². The second kappa shape index (κ2) is 8.15. The third-order valence-electron chi connectivity index (χ3n) is 4.21. The van der Waals surface area contributed by atoms with Crippen LogP contribution in [0.3, 0.4) is 0 Å². The number of hydrogen-bond acceptors (Lipinski definition) is 3. The number of carbonyl (C=O) groups excluding carboxylic acids is 1. The molecule has 0 spiro atoms.